The zero-order valence-corrected chi connectivity index (χ0v) is 13.8. The molecule has 0 fully saturated rings. The van der Waals surface area contributed by atoms with Gasteiger partial charge < -0.3 is 5.32 Å². The lowest BCUT2D eigenvalue weighted by molar-refractivity contribution is -0.384. The number of Topliss-reactive ketones (excluding diaryl/α,β-unsaturated/α-hetero) is 1. The maximum atomic E-state index is 12.8. The molecule has 4 rings (SSSR count). The summed E-state index contributed by atoms with van der Waals surface area (Å²) in [4.78, 5) is 23.3. The Morgan fingerprint density at radius 2 is 2.00 bits per heavy atom. The van der Waals surface area contributed by atoms with Crippen LogP contribution < -0.4 is 5.32 Å². The second-order valence-electron chi connectivity index (χ2n) is 7.16. The quantitative estimate of drug-likeness (QED) is 0.658. The molecule has 2 aromatic rings. The van der Waals surface area contributed by atoms with E-state index in [9.17, 15) is 14.9 Å². The summed E-state index contributed by atoms with van der Waals surface area (Å²) in [7, 11) is 0. The number of anilines is 1. The van der Waals surface area contributed by atoms with Gasteiger partial charge in [-0.25, -0.2) is 0 Å². The molecule has 9 heteroatoms. The van der Waals surface area contributed by atoms with Crippen molar-refractivity contribution < 1.29 is 9.72 Å². The summed E-state index contributed by atoms with van der Waals surface area (Å²) < 4.78 is 1.55. The summed E-state index contributed by atoms with van der Waals surface area (Å²) in [5.74, 6) is 0.510. The molecule has 1 aliphatic carbocycles. The van der Waals surface area contributed by atoms with E-state index >= 15 is 0 Å². The van der Waals surface area contributed by atoms with Crippen LogP contribution in [0.2, 0.25) is 0 Å². The van der Waals surface area contributed by atoms with Gasteiger partial charge in [-0.3, -0.25) is 14.9 Å². The molecule has 25 heavy (non-hydrogen) atoms. The lowest BCUT2D eigenvalue weighted by Gasteiger charge is -2.37. The SMILES string of the molecule is CC1(C)CC(=O)C2=C(C1)Nc1nnnn1[C@@H]2c1ccc([N+](=O)[O-])cc1. The number of nitro benzene ring substituents is 1. The number of benzene rings is 1. The molecule has 0 unspecified atom stereocenters. The van der Waals surface area contributed by atoms with Crippen molar-refractivity contribution in [1.82, 2.24) is 20.2 Å². The van der Waals surface area contributed by atoms with Crippen molar-refractivity contribution in [1.29, 1.82) is 0 Å². The number of carbonyl (C=O) groups is 1. The van der Waals surface area contributed by atoms with Gasteiger partial charge >= 0.3 is 0 Å². The summed E-state index contributed by atoms with van der Waals surface area (Å²) in [6.07, 6.45) is 1.15. The summed E-state index contributed by atoms with van der Waals surface area (Å²) >= 11 is 0. The molecule has 1 aromatic carbocycles. The van der Waals surface area contributed by atoms with E-state index in [0.717, 1.165) is 11.3 Å². The second kappa shape index (κ2) is 5.20. The Labute approximate surface area is 142 Å². The Morgan fingerprint density at radius 3 is 2.68 bits per heavy atom. The maximum Gasteiger partial charge on any atom is 0.269 e. The Balaban J connectivity index is 1.85. The predicted octanol–water partition coefficient (Wildman–Crippen LogP) is 2.24. The smallest absolute Gasteiger partial charge is 0.269 e. The fraction of sp³-hybridized carbons (Fsp3) is 0.375. The lowest BCUT2D eigenvalue weighted by atomic mass is 9.73. The number of nitro groups is 1. The first-order valence-corrected chi connectivity index (χ1v) is 7.91. The molecule has 0 spiro atoms. The van der Waals surface area contributed by atoms with Crippen molar-refractivity contribution in [3.8, 4) is 0 Å². The number of tetrazole rings is 1. The number of rotatable bonds is 2. The number of hydrogen-bond donors (Lipinski definition) is 1. The van der Waals surface area contributed by atoms with E-state index in [1.165, 1.54) is 12.1 Å². The van der Waals surface area contributed by atoms with Gasteiger partial charge in [0.25, 0.3) is 5.69 Å². The number of aromatic nitrogens is 4. The van der Waals surface area contributed by atoms with E-state index in [-0.39, 0.29) is 16.9 Å². The van der Waals surface area contributed by atoms with Gasteiger partial charge in [0, 0.05) is 29.8 Å². The first-order valence-electron chi connectivity index (χ1n) is 7.91. The minimum Gasteiger partial charge on any atom is -0.326 e. The van der Waals surface area contributed by atoms with Gasteiger partial charge in [-0.1, -0.05) is 18.9 Å². The molecule has 1 atom stereocenters. The summed E-state index contributed by atoms with van der Waals surface area (Å²) in [5.41, 5.74) is 2.06. The Bertz CT molecular complexity index is 912. The molecule has 1 aliphatic heterocycles. The topological polar surface area (TPSA) is 116 Å². The molecule has 0 saturated carbocycles. The summed E-state index contributed by atoms with van der Waals surface area (Å²) in [6, 6.07) is 5.68. The number of non-ortho nitro benzene ring substituents is 1. The number of allylic oxidation sites excluding steroid dienone is 2. The van der Waals surface area contributed by atoms with Crippen LogP contribution in [0.25, 0.3) is 0 Å². The van der Waals surface area contributed by atoms with Crippen LogP contribution in [-0.4, -0.2) is 30.9 Å². The van der Waals surface area contributed by atoms with Crippen LogP contribution in [0.15, 0.2) is 35.5 Å². The van der Waals surface area contributed by atoms with Gasteiger partial charge in [-0.05, 0) is 40.0 Å². The largest absolute Gasteiger partial charge is 0.326 e. The number of hydrogen-bond acceptors (Lipinski definition) is 7. The molecule has 2 aliphatic rings. The monoisotopic (exact) mass is 340 g/mol. The molecule has 0 saturated heterocycles. The first-order chi connectivity index (χ1) is 11.9. The summed E-state index contributed by atoms with van der Waals surface area (Å²) in [6.45, 7) is 4.10. The predicted molar refractivity (Wildman–Crippen MR) is 87.7 cm³/mol. The molecule has 128 valence electrons. The minimum absolute atomic E-state index is 0.0000645. The second-order valence-corrected chi connectivity index (χ2v) is 7.16. The van der Waals surface area contributed by atoms with Crippen LogP contribution in [-0.2, 0) is 4.79 Å². The molecule has 1 N–H and O–H groups in total. The highest BCUT2D eigenvalue weighted by Crippen LogP contribution is 2.45. The fourth-order valence-electron chi connectivity index (χ4n) is 3.56. The van der Waals surface area contributed by atoms with Crippen molar-refractivity contribution >= 4 is 17.4 Å². The first kappa shape index (κ1) is 15.4. The zero-order chi connectivity index (χ0) is 17.8. The van der Waals surface area contributed by atoms with Crippen LogP contribution in [0.3, 0.4) is 0 Å². The van der Waals surface area contributed by atoms with Crippen molar-refractivity contribution in [2.45, 2.75) is 32.7 Å². The fourth-order valence-corrected chi connectivity index (χ4v) is 3.56. The average molecular weight is 340 g/mol. The van der Waals surface area contributed by atoms with Gasteiger partial charge in [-0.15, -0.1) is 0 Å². The molecule has 0 amide bonds. The zero-order valence-electron chi connectivity index (χ0n) is 13.8. The number of carbonyl (C=O) groups excluding carboxylic acids is 1. The van der Waals surface area contributed by atoms with Crippen LogP contribution in [0.5, 0.6) is 0 Å². The van der Waals surface area contributed by atoms with Gasteiger partial charge in [-0.2, -0.15) is 4.68 Å². The third kappa shape index (κ3) is 2.48. The third-order valence-corrected chi connectivity index (χ3v) is 4.61. The molecule has 0 radical (unpaired) electrons. The van der Waals surface area contributed by atoms with E-state index in [1.54, 1.807) is 16.8 Å². The molecular formula is C16H16N6O3. The van der Waals surface area contributed by atoms with Crippen molar-refractivity contribution in [3.63, 3.8) is 0 Å². The van der Waals surface area contributed by atoms with E-state index in [0.29, 0.717) is 24.4 Å². The van der Waals surface area contributed by atoms with Crippen LogP contribution in [0, 0.1) is 15.5 Å². The van der Waals surface area contributed by atoms with Crippen LogP contribution in [0.1, 0.15) is 38.3 Å². The highest BCUT2D eigenvalue weighted by molar-refractivity contribution is 6.00. The lowest BCUT2D eigenvalue weighted by Crippen LogP contribution is -2.36. The van der Waals surface area contributed by atoms with Crippen molar-refractivity contribution in [2.75, 3.05) is 5.32 Å². The van der Waals surface area contributed by atoms with E-state index in [2.05, 4.69) is 34.7 Å². The van der Waals surface area contributed by atoms with Crippen LogP contribution in [0.4, 0.5) is 11.6 Å². The molecular weight excluding hydrogens is 324 g/mol. The van der Waals surface area contributed by atoms with Crippen molar-refractivity contribution in [3.05, 3.63) is 51.2 Å². The minimum atomic E-state index is -0.481. The molecule has 9 nitrogen and oxygen atoms in total. The number of ketones is 1. The molecule has 1 aromatic heterocycles. The molecule has 2 heterocycles. The number of nitrogens with zero attached hydrogens (tertiary/aromatic N) is 5. The summed E-state index contributed by atoms with van der Waals surface area (Å²) in [5, 5.41) is 25.7. The van der Waals surface area contributed by atoms with E-state index in [4.69, 9.17) is 0 Å². The number of fused-ring (bicyclic) bond motifs is 1. The van der Waals surface area contributed by atoms with Gasteiger partial charge in [0.2, 0.25) is 5.95 Å². The van der Waals surface area contributed by atoms with E-state index < -0.39 is 11.0 Å². The van der Waals surface area contributed by atoms with Gasteiger partial charge in [0.15, 0.2) is 5.78 Å². The van der Waals surface area contributed by atoms with Crippen LogP contribution >= 0.6 is 0 Å². The Kier molecular flexibility index (Phi) is 3.21. The normalized spacial score (nSPS) is 21.4. The third-order valence-electron chi connectivity index (χ3n) is 4.61. The number of nitrogens with one attached hydrogen (secondary N) is 1. The van der Waals surface area contributed by atoms with E-state index in [1.807, 2.05) is 0 Å². The average Bonchev–Trinajstić information content (AvgIpc) is 2.99. The standard InChI is InChI=1S/C16H16N6O3/c1-16(2)7-11-13(12(23)8-16)14(21-15(17-11)18-19-20-21)9-3-5-10(6-4-9)22(24)25/h3-6,14H,7-8H2,1-2H3,(H,17,18,20)/t14-/m1/s1. The Morgan fingerprint density at radius 1 is 1.28 bits per heavy atom. The maximum absolute atomic E-state index is 12.8. The highest BCUT2D eigenvalue weighted by atomic mass is 16.6. The Hall–Kier alpha value is -3.10. The van der Waals surface area contributed by atoms with Crippen molar-refractivity contribution in [2.24, 2.45) is 5.41 Å². The van der Waals surface area contributed by atoms with Gasteiger partial charge in [0.05, 0.1) is 4.92 Å². The highest BCUT2D eigenvalue weighted by Gasteiger charge is 2.41. The van der Waals surface area contributed by atoms with Gasteiger partial charge in [0.1, 0.15) is 6.04 Å². The molecule has 0 bridgehead atoms.